The minimum absolute atomic E-state index is 0.259. The highest BCUT2D eigenvalue weighted by molar-refractivity contribution is 5.78. The standard InChI is InChI=1S/C20H29N3O2/c1-2-16-11-15(5-7-17(16)12-19(21)24)6-8-20(25)23-13-18(14-23)22-9-3-4-10-22/h5,7,11,18H,2-4,6,8-10,12-14H2,1H3,(H2,21,24). The summed E-state index contributed by atoms with van der Waals surface area (Å²) in [6, 6.07) is 6.71. The van der Waals surface area contributed by atoms with Crippen molar-refractivity contribution >= 4 is 11.8 Å². The molecule has 2 aliphatic heterocycles. The van der Waals surface area contributed by atoms with E-state index < -0.39 is 0 Å². The molecule has 0 saturated carbocycles. The lowest BCUT2D eigenvalue weighted by atomic mass is 9.97. The molecule has 5 nitrogen and oxygen atoms in total. The summed E-state index contributed by atoms with van der Waals surface area (Å²) in [5.41, 5.74) is 8.62. The van der Waals surface area contributed by atoms with Crippen molar-refractivity contribution < 1.29 is 9.59 Å². The number of carbonyl (C=O) groups excluding carboxylic acids is 2. The number of aryl methyl sites for hydroxylation is 2. The van der Waals surface area contributed by atoms with Crippen molar-refractivity contribution in [3.8, 4) is 0 Å². The number of rotatable bonds is 7. The van der Waals surface area contributed by atoms with Crippen LogP contribution in [0.5, 0.6) is 0 Å². The van der Waals surface area contributed by atoms with Crippen LogP contribution in [0.15, 0.2) is 18.2 Å². The van der Waals surface area contributed by atoms with E-state index in [1.54, 1.807) is 0 Å². The van der Waals surface area contributed by atoms with Gasteiger partial charge in [0.05, 0.1) is 6.42 Å². The highest BCUT2D eigenvalue weighted by Gasteiger charge is 2.35. The van der Waals surface area contributed by atoms with Gasteiger partial charge in [-0.2, -0.15) is 0 Å². The van der Waals surface area contributed by atoms with Crippen LogP contribution in [0.4, 0.5) is 0 Å². The van der Waals surface area contributed by atoms with E-state index >= 15 is 0 Å². The maximum atomic E-state index is 12.4. The Kier molecular flexibility index (Phi) is 5.74. The van der Waals surface area contributed by atoms with Gasteiger partial charge in [0, 0.05) is 25.6 Å². The molecule has 2 amide bonds. The lowest BCUT2D eigenvalue weighted by Gasteiger charge is -2.44. The Morgan fingerprint density at radius 2 is 1.88 bits per heavy atom. The maximum absolute atomic E-state index is 12.4. The third-order valence-corrected chi connectivity index (χ3v) is 5.52. The summed E-state index contributed by atoms with van der Waals surface area (Å²) >= 11 is 0. The van der Waals surface area contributed by atoms with Gasteiger partial charge >= 0.3 is 0 Å². The number of hydrogen-bond acceptors (Lipinski definition) is 3. The Balaban J connectivity index is 1.48. The first-order valence-electron chi connectivity index (χ1n) is 9.47. The molecule has 2 N–H and O–H groups in total. The Labute approximate surface area is 150 Å². The molecule has 1 aromatic carbocycles. The second kappa shape index (κ2) is 8.00. The summed E-state index contributed by atoms with van der Waals surface area (Å²) < 4.78 is 0. The fourth-order valence-corrected chi connectivity index (χ4v) is 3.93. The van der Waals surface area contributed by atoms with E-state index in [0.717, 1.165) is 42.6 Å². The van der Waals surface area contributed by atoms with Crippen molar-refractivity contribution in [3.05, 3.63) is 34.9 Å². The van der Waals surface area contributed by atoms with Crippen LogP contribution in [0.25, 0.3) is 0 Å². The predicted octanol–water partition coefficient (Wildman–Crippen LogP) is 1.52. The average molecular weight is 343 g/mol. The fraction of sp³-hybridized carbons (Fsp3) is 0.600. The van der Waals surface area contributed by atoms with Crippen LogP contribution in [-0.4, -0.2) is 53.8 Å². The molecule has 5 heteroatoms. The third-order valence-electron chi connectivity index (χ3n) is 5.52. The first kappa shape index (κ1) is 17.9. The van der Waals surface area contributed by atoms with Gasteiger partial charge in [0.2, 0.25) is 11.8 Å². The molecule has 25 heavy (non-hydrogen) atoms. The van der Waals surface area contributed by atoms with E-state index in [4.69, 9.17) is 5.73 Å². The normalized spacial score (nSPS) is 18.4. The van der Waals surface area contributed by atoms with Crippen LogP contribution < -0.4 is 5.73 Å². The number of nitrogens with zero attached hydrogens (tertiary/aromatic N) is 2. The molecule has 0 aliphatic carbocycles. The number of nitrogens with two attached hydrogens (primary N) is 1. The molecule has 0 aromatic heterocycles. The Hall–Kier alpha value is -1.88. The van der Waals surface area contributed by atoms with Crippen molar-refractivity contribution in [2.24, 2.45) is 5.73 Å². The first-order chi connectivity index (χ1) is 12.1. The lowest BCUT2D eigenvalue weighted by Crippen LogP contribution is -2.60. The molecule has 0 radical (unpaired) electrons. The molecule has 2 fully saturated rings. The van der Waals surface area contributed by atoms with E-state index in [2.05, 4.69) is 17.9 Å². The van der Waals surface area contributed by atoms with E-state index in [9.17, 15) is 9.59 Å². The zero-order valence-electron chi connectivity index (χ0n) is 15.2. The second-order valence-electron chi connectivity index (χ2n) is 7.30. The smallest absolute Gasteiger partial charge is 0.223 e. The number of carbonyl (C=O) groups is 2. The monoisotopic (exact) mass is 343 g/mol. The van der Waals surface area contributed by atoms with Crippen molar-refractivity contribution in [3.63, 3.8) is 0 Å². The number of primary amides is 1. The van der Waals surface area contributed by atoms with Crippen molar-refractivity contribution in [1.29, 1.82) is 0 Å². The Morgan fingerprint density at radius 3 is 2.52 bits per heavy atom. The number of amides is 2. The average Bonchev–Trinajstić information content (AvgIpc) is 3.06. The van der Waals surface area contributed by atoms with Gasteiger partial charge in [-0.25, -0.2) is 0 Å². The van der Waals surface area contributed by atoms with Gasteiger partial charge in [-0.05, 0) is 55.5 Å². The molecule has 0 spiro atoms. The highest BCUT2D eigenvalue weighted by atomic mass is 16.2. The lowest BCUT2D eigenvalue weighted by molar-refractivity contribution is -0.138. The second-order valence-corrected chi connectivity index (χ2v) is 7.30. The SMILES string of the molecule is CCc1cc(CCC(=O)N2CC(N3CCCC3)C2)ccc1CC(N)=O. The largest absolute Gasteiger partial charge is 0.369 e. The summed E-state index contributed by atoms with van der Waals surface area (Å²) in [7, 11) is 0. The molecule has 3 rings (SSSR count). The van der Waals surface area contributed by atoms with Crippen molar-refractivity contribution in [1.82, 2.24) is 9.80 Å². The summed E-state index contributed by atoms with van der Waals surface area (Å²) in [5.74, 6) is -0.0438. The molecule has 0 bridgehead atoms. The van der Waals surface area contributed by atoms with Gasteiger partial charge in [-0.15, -0.1) is 0 Å². The van der Waals surface area contributed by atoms with Crippen LogP contribution in [-0.2, 0) is 28.9 Å². The van der Waals surface area contributed by atoms with Gasteiger partial charge in [0.25, 0.3) is 0 Å². The molecule has 2 heterocycles. The quantitative estimate of drug-likeness (QED) is 0.816. The van der Waals surface area contributed by atoms with Crippen LogP contribution in [0, 0.1) is 0 Å². The molecule has 0 atom stereocenters. The third kappa shape index (κ3) is 4.40. The molecule has 2 saturated heterocycles. The Bertz CT molecular complexity index is 632. The minimum Gasteiger partial charge on any atom is -0.369 e. The summed E-state index contributed by atoms with van der Waals surface area (Å²) in [5, 5.41) is 0. The number of likely N-dealkylation sites (tertiary alicyclic amines) is 2. The van der Waals surface area contributed by atoms with Gasteiger partial charge in [-0.1, -0.05) is 25.1 Å². The number of benzene rings is 1. The van der Waals surface area contributed by atoms with Crippen molar-refractivity contribution in [2.45, 2.75) is 51.5 Å². The van der Waals surface area contributed by atoms with Crippen LogP contribution in [0.1, 0.15) is 42.9 Å². The van der Waals surface area contributed by atoms with E-state index in [1.165, 1.54) is 25.9 Å². The molecular weight excluding hydrogens is 314 g/mol. The van der Waals surface area contributed by atoms with Gasteiger partial charge in [0.15, 0.2) is 0 Å². The van der Waals surface area contributed by atoms with Gasteiger partial charge in [0.1, 0.15) is 0 Å². The summed E-state index contributed by atoms with van der Waals surface area (Å²) in [4.78, 5) is 28.0. The van der Waals surface area contributed by atoms with E-state index in [-0.39, 0.29) is 18.2 Å². The molecule has 136 valence electrons. The molecule has 1 aromatic rings. The van der Waals surface area contributed by atoms with E-state index in [0.29, 0.717) is 12.5 Å². The van der Waals surface area contributed by atoms with Crippen LogP contribution in [0.2, 0.25) is 0 Å². The molecular formula is C20H29N3O2. The number of hydrogen-bond donors (Lipinski definition) is 1. The minimum atomic E-state index is -0.303. The first-order valence-corrected chi connectivity index (χ1v) is 9.47. The zero-order valence-corrected chi connectivity index (χ0v) is 15.2. The van der Waals surface area contributed by atoms with Gasteiger partial charge < -0.3 is 10.6 Å². The summed E-state index contributed by atoms with van der Waals surface area (Å²) in [6.07, 6.45) is 5.08. The molecule has 2 aliphatic rings. The van der Waals surface area contributed by atoms with Crippen LogP contribution in [0.3, 0.4) is 0 Å². The highest BCUT2D eigenvalue weighted by Crippen LogP contribution is 2.21. The van der Waals surface area contributed by atoms with E-state index in [1.807, 2.05) is 17.0 Å². The fourth-order valence-electron chi connectivity index (χ4n) is 3.93. The predicted molar refractivity (Wildman–Crippen MR) is 98.2 cm³/mol. The van der Waals surface area contributed by atoms with Crippen LogP contribution >= 0.6 is 0 Å². The zero-order chi connectivity index (χ0) is 17.8. The summed E-state index contributed by atoms with van der Waals surface area (Å²) in [6.45, 7) is 6.27. The topological polar surface area (TPSA) is 66.6 Å². The van der Waals surface area contributed by atoms with Gasteiger partial charge in [-0.3, -0.25) is 14.5 Å². The maximum Gasteiger partial charge on any atom is 0.223 e. The molecule has 0 unspecified atom stereocenters. The van der Waals surface area contributed by atoms with Crippen molar-refractivity contribution in [2.75, 3.05) is 26.2 Å². The Morgan fingerprint density at radius 1 is 1.16 bits per heavy atom.